The first-order chi connectivity index (χ1) is 14.7. The number of ether oxygens (including phenoxy) is 2. The lowest BCUT2D eigenvalue weighted by Crippen LogP contribution is -2.46. The van der Waals surface area contributed by atoms with Crippen LogP contribution in [0.5, 0.6) is 17.2 Å². The average Bonchev–Trinajstić information content (AvgIpc) is 2.67. The number of hydrogen-bond acceptors (Lipinski definition) is 5. The number of carbonyl (C=O) groups excluding carboxylic acids is 2. The smallest absolute Gasteiger partial charge is 0.177 e. The molecule has 0 saturated carbocycles. The third kappa shape index (κ3) is 5.66. The number of aryl methyl sites for hydroxylation is 1. The molecule has 1 aliphatic rings. The van der Waals surface area contributed by atoms with Crippen LogP contribution in [0.25, 0.3) is 0 Å². The van der Waals surface area contributed by atoms with Gasteiger partial charge >= 0.3 is 0 Å². The van der Waals surface area contributed by atoms with Gasteiger partial charge in [0.2, 0.25) is 0 Å². The normalized spacial score (nSPS) is 18.1. The third-order valence-electron chi connectivity index (χ3n) is 5.87. The van der Waals surface area contributed by atoms with Gasteiger partial charge in [0.05, 0.1) is 12.0 Å². The first-order valence-corrected chi connectivity index (χ1v) is 11.0. The van der Waals surface area contributed by atoms with Crippen molar-refractivity contribution in [2.45, 2.75) is 71.5 Å². The van der Waals surface area contributed by atoms with Gasteiger partial charge in [-0.15, -0.1) is 0 Å². The molecule has 1 N–H and O–H groups in total. The van der Waals surface area contributed by atoms with Crippen molar-refractivity contribution in [1.29, 1.82) is 0 Å². The van der Waals surface area contributed by atoms with Crippen molar-refractivity contribution < 1.29 is 24.2 Å². The van der Waals surface area contributed by atoms with E-state index in [2.05, 4.69) is 12.1 Å². The van der Waals surface area contributed by atoms with Gasteiger partial charge in [0.1, 0.15) is 34.2 Å². The van der Waals surface area contributed by atoms with Crippen molar-refractivity contribution in [1.82, 2.24) is 0 Å². The minimum Gasteiger partial charge on any atom is -0.507 e. The van der Waals surface area contributed by atoms with E-state index in [0.29, 0.717) is 24.3 Å². The number of Topliss-reactive ketones (excluding diaryl/α,β-unsaturated/α-hetero) is 2. The van der Waals surface area contributed by atoms with Crippen molar-refractivity contribution in [3.05, 3.63) is 53.6 Å². The molecule has 0 fully saturated rings. The molecule has 2 atom stereocenters. The van der Waals surface area contributed by atoms with Crippen LogP contribution in [0.4, 0.5) is 0 Å². The third-order valence-corrected chi connectivity index (χ3v) is 5.87. The predicted octanol–water partition coefficient (Wildman–Crippen LogP) is 5.52. The maximum atomic E-state index is 13.1. The van der Waals surface area contributed by atoms with Crippen LogP contribution in [0.1, 0.15) is 69.3 Å². The van der Waals surface area contributed by atoms with Crippen molar-refractivity contribution in [2.75, 3.05) is 0 Å². The summed E-state index contributed by atoms with van der Waals surface area (Å²) in [4.78, 5) is 24.5. The first kappa shape index (κ1) is 22.9. The summed E-state index contributed by atoms with van der Waals surface area (Å²) in [6.07, 6.45) is 3.50. The number of carbonyl (C=O) groups is 2. The summed E-state index contributed by atoms with van der Waals surface area (Å²) in [7, 11) is 0. The molecule has 1 aliphatic heterocycles. The van der Waals surface area contributed by atoms with Gasteiger partial charge in [-0.25, -0.2) is 0 Å². The Hall–Kier alpha value is -2.82. The molecule has 5 nitrogen and oxygen atoms in total. The van der Waals surface area contributed by atoms with E-state index >= 15 is 0 Å². The number of ketones is 2. The van der Waals surface area contributed by atoms with Crippen molar-refractivity contribution in [3.63, 3.8) is 0 Å². The van der Waals surface area contributed by atoms with Gasteiger partial charge in [0.15, 0.2) is 5.78 Å². The molecule has 0 amide bonds. The topological polar surface area (TPSA) is 72.8 Å². The fourth-order valence-corrected chi connectivity index (χ4v) is 4.17. The SMILES string of the molecule is CC(=O)CCC1C(=O)c2c(O)cc(OC(C)CCCc3ccccc3)cc2OC1(C)C. The van der Waals surface area contributed by atoms with Gasteiger partial charge in [-0.3, -0.25) is 4.79 Å². The number of phenolic OH excluding ortho intramolecular Hbond substituents is 1. The molecule has 0 aliphatic carbocycles. The van der Waals surface area contributed by atoms with Crippen molar-refractivity contribution in [3.8, 4) is 17.2 Å². The Morgan fingerprint density at radius 1 is 1.23 bits per heavy atom. The highest BCUT2D eigenvalue weighted by Gasteiger charge is 2.44. The van der Waals surface area contributed by atoms with Crippen LogP contribution in [-0.4, -0.2) is 28.4 Å². The summed E-state index contributed by atoms with van der Waals surface area (Å²) in [5.41, 5.74) is 0.706. The molecule has 5 heteroatoms. The van der Waals surface area contributed by atoms with Crippen LogP contribution in [-0.2, 0) is 11.2 Å². The second kappa shape index (κ2) is 9.54. The highest BCUT2D eigenvalue weighted by Crippen LogP contribution is 2.44. The van der Waals surface area contributed by atoms with Crippen LogP contribution in [0, 0.1) is 5.92 Å². The Labute approximate surface area is 184 Å². The minimum absolute atomic E-state index is 0.0311. The zero-order valence-corrected chi connectivity index (χ0v) is 18.8. The molecular weight excluding hydrogens is 392 g/mol. The number of phenols is 1. The zero-order valence-electron chi connectivity index (χ0n) is 18.8. The summed E-state index contributed by atoms with van der Waals surface area (Å²) in [6.45, 7) is 7.19. The molecule has 2 aromatic rings. The number of rotatable bonds is 9. The van der Waals surface area contributed by atoms with Crippen molar-refractivity contribution in [2.24, 2.45) is 5.92 Å². The van der Waals surface area contributed by atoms with Crippen LogP contribution in [0.2, 0.25) is 0 Å². The van der Waals surface area contributed by atoms with E-state index in [1.807, 2.05) is 39.0 Å². The van der Waals surface area contributed by atoms with Gasteiger partial charge in [-0.1, -0.05) is 30.3 Å². The largest absolute Gasteiger partial charge is 0.507 e. The quantitative estimate of drug-likeness (QED) is 0.574. The summed E-state index contributed by atoms with van der Waals surface area (Å²) in [5.74, 6) is 0.0293. The summed E-state index contributed by atoms with van der Waals surface area (Å²) in [5, 5.41) is 10.6. The van der Waals surface area contributed by atoms with Crippen molar-refractivity contribution >= 4 is 11.6 Å². The second-order valence-corrected chi connectivity index (χ2v) is 8.98. The standard InChI is InChI=1S/C26H32O5/c1-17(27)13-14-21-25(29)24-22(28)15-20(16-23(24)31-26(21,3)4)30-18(2)9-8-12-19-10-6-5-7-11-19/h5-7,10-11,15-16,18,21,28H,8-9,12-14H2,1-4H3. The Morgan fingerprint density at radius 3 is 2.61 bits per heavy atom. The van der Waals surface area contributed by atoms with Crippen LogP contribution >= 0.6 is 0 Å². The summed E-state index contributed by atoms with van der Waals surface area (Å²) >= 11 is 0. The molecule has 3 rings (SSSR count). The highest BCUT2D eigenvalue weighted by atomic mass is 16.5. The Bertz CT molecular complexity index is 932. The van der Waals surface area contributed by atoms with Gasteiger partial charge in [0.25, 0.3) is 0 Å². The molecule has 0 saturated heterocycles. The average molecular weight is 425 g/mol. The first-order valence-electron chi connectivity index (χ1n) is 11.0. The van der Waals surface area contributed by atoms with Crippen LogP contribution in [0.3, 0.4) is 0 Å². The van der Waals surface area contributed by atoms with Crippen LogP contribution in [0.15, 0.2) is 42.5 Å². The number of fused-ring (bicyclic) bond motifs is 1. The summed E-state index contributed by atoms with van der Waals surface area (Å²) in [6, 6.07) is 13.5. The van der Waals surface area contributed by atoms with Crippen LogP contribution < -0.4 is 9.47 Å². The molecule has 0 spiro atoms. The van der Waals surface area contributed by atoms with E-state index in [1.165, 1.54) is 18.6 Å². The Balaban J connectivity index is 1.68. The van der Waals surface area contributed by atoms with Gasteiger partial charge < -0.3 is 19.4 Å². The van der Waals surface area contributed by atoms with E-state index in [1.54, 1.807) is 6.07 Å². The van der Waals surface area contributed by atoms with E-state index in [-0.39, 0.29) is 29.0 Å². The monoisotopic (exact) mass is 424 g/mol. The van der Waals surface area contributed by atoms with E-state index in [9.17, 15) is 14.7 Å². The van der Waals surface area contributed by atoms with E-state index in [4.69, 9.17) is 9.47 Å². The highest BCUT2D eigenvalue weighted by molar-refractivity contribution is 6.04. The Morgan fingerprint density at radius 2 is 1.94 bits per heavy atom. The zero-order chi connectivity index (χ0) is 22.6. The maximum absolute atomic E-state index is 13.1. The number of benzene rings is 2. The van der Waals surface area contributed by atoms with Gasteiger partial charge in [-0.2, -0.15) is 0 Å². The number of hydrogen-bond donors (Lipinski definition) is 1. The lowest BCUT2D eigenvalue weighted by Gasteiger charge is -2.39. The molecule has 2 aromatic carbocycles. The summed E-state index contributed by atoms with van der Waals surface area (Å²) < 4.78 is 12.1. The fourth-order valence-electron chi connectivity index (χ4n) is 4.17. The van der Waals surface area contributed by atoms with E-state index < -0.39 is 11.5 Å². The molecule has 0 bridgehead atoms. The van der Waals surface area contributed by atoms with Gasteiger partial charge in [0, 0.05) is 18.6 Å². The predicted molar refractivity (Wildman–Crippen MR) is 120 cm³/mol. The molecular formula is C26H32O5. The molecule has 2 unspecified atom stereocenters. The minimum atomic E-state index is -0.772. The maximum Gasteiger partial charge on any atom is 0.177 e. The molecule has 166 valence electrons. The lowest BCUT2D eigenvalue weighted by atomic mass is 9.78. The lowest BCUT2D eigenvalue weighted by molar-refractivity contribution is -0.117. The fraction of sp³-hybridized carbons (Fsp3) is 0.462. The second-order valence-electron chi connectivity index (χ2n) is 8.98. The molecule has 0 radical (unpaired) electrons. The van der Waals surface area contributed by atoms with Gasteiger partial charge in [-0.05, 0) is 58.9 Å². The number of aromatic hydroxyl groups is 1. The molecule has 1 heterocycles. The van der Waals surface area contributed by atoms with E-state index in [0.717, 1.165) is 19.3 Å². The Kier molecular flexibility index (Phi) is 7.04. The molecule has 0 aromatic heterocycles. The molecule has 31 heavy (non-hydrogen) atoms.